The fourth-order valence-corrected chi connectivity index (χ4v) is 3.12. The fourth-order valence-electron chi connectivity index (χ4n) is 3.12. The summed E-state index contributed by atoms with van der Waals surface area (Å²) < 4.78 is 28.6. The highest BCUT2D eigenvalue weighted by Gasteiger charge is 2.38. The molecule has 9 heteroatoms. The number of hydrogen-bond acceptors (Lipinski definition) is 5. The van der Waals surface area contributed by atoms with Crippen molar-refractivity contribution in [2.75, 3.05) is 7.05 Å². The molecule has 1 aromatic carbocycles. The Labute approximate surface area is 165 Å². The lowest BCUT2D eigenvalue weighted by Crippen LogP contribution is -2.47. The molecule has 1 unspecified atom stereocenters. The maximum absolute atomic E-state index is 14.5. The zero-order valence-corrected chi connectivity index (χ0v) is 15.7. The monoisotopic (exact) mass is 397 g/mol. The van der Waals surface area contributed by atoms with Crippen LogP contribution in [0.5, 0.6) is 0 Å². The molecule has 0 aliphatic carbocycles. The first kappa shape index (κ1) is 20.1. The molecular weight excluding hydrogens is 380 g/mol. The molecule has 0 radical (unpaired) electrons. The minimum atomic E-state index is -1.22. The first-order valence-corrected chi connectivity index (χ1v) is 8.61. The topological polar surface area (TPSA) is 93.0 Å². The van der Waals surface area contributed by atoms with Gasteiger partial charge >= 0.3 is 0 Å². The van der Waals surface area contributed by atoms with Gasteiger partial charge in [0.25, 0.3) is 0 Å². The van der Waals surface area contributed by atoms with Crippen molar-refractivity contribution < 1.29 is 18.4 Å². The molecule has 0 fully saturated rings. The second-order valence-electron chi connectivity index (χ2n) is 6.92. The van der Waals surface area contributed by atoms with Crippen LogP contribution in [0, 0.1) is 18.2 Å². The van der Waals surface area contributed by atoms with E-state index in [-0.39, 0.29) is 36.0 Å². The summed E-state index contributed by atoms with van der Waals surface area (Å²) in [6.07, 6.45) is 0.784. The number of halogens is 2. The number of hydrogen-bond donors (Lipinski definition) is 1. The molecule has 1 atom stereocenters. The van der Waals surface area contributed by atoms with Gasteiger partial charge in [0, 0.05) is 25.2 Å². The molecule has 2 aromatic rings. The van der Waals surface area contributed by atoms with Gasteiger partial charge in [-0.3, -0.25) is 19.5 Å². The minimum Gasteiger partial charge on any atom is -0.369 e. The van der Waals surface area contributed by atoms with Gasteiger partial charge in [-0.1, -0.05) is 6.07 Å². The van der Waals surface area contributed by atoms with Crippen LogP contribution < -0.4 is 5.73 Å². The van der Waals surface area contributed by atoms with Crippen molar-refractivity contribution in [1.82, 2.24) is 9.88 Å². The number of ketones is 1. The van der Waals surface area contributed by atoms with Crippen LogP contribution in [-0.2, 0) is 16.8 Å². The van der Waals surface area contributed by atoms with E-state index in [0.29, 0.717) is 5.56 Å². The highest BCUT2D eigenvalue weighted by atomic mass is 19.1. The van der Waals surface area contributed by atoms with E-state index in [4.69, 9.17) is 12.3 Å². The number of nitrogens with two attached hydrogens (primary N) is 1. The maximum atomic E-state index is 14.5. The van der Waals surface area contributed by atoms with Crippen molar-refractivity contribution in [3.63, 3.8) is 0 Å². The predicted octanol–water partition coefficient (Wildman–Crippen LogP) is 2.73. The van der Waals surface area contributed by atoms with Crippen LogP contribution in [0.3, 0.4) is 0 Å². The summed E-state index contributed by atoms with van der Waals surface area (Å²) in [5.41, 5.74) is 4.66. The van der Waals surface area contributed by atoms with E-state index in [9.17, 15) is 18.4 Å². The van der Waals surface area contributed by atoms with Crippen LogP contribution in [0.2, 0.25) is 0 Å². The molecule has 29 heavy (non-hydrogen) atoms. The Morgan fingerprint density at radius 3 is 2.69 bits per heavy atom. The van der Waals surface area contributed by atoms with Gasteiger partial charge in [0.2, 0.25) is 11.6 Å². The number of rotatable bonds is 4. The predicted molar refractivity (Wildman–Crippen MR) is 101 cm³/mol. The van der Waals surface area contributed by atoms with Crippen molar-refractivity contribution in [2.45, 2.75) is 25.3 Å². The number of guanidine groups is 1. The van der Waals surface area contributed by atoms with Crippen molar-refractivity contribution in [2.24, 2.45) is 10.7 Å². The van der Waals surface area contributed by atoms with Crippen LogP contribution >= 0.6 is 0 Å². The van der Waals surface area contributed by atoms with Gasteiger partial charge in [0.05, 0.1) is 18.5 Å². The third kappa shape index (κ3) is 3.82. The Balaban J connectivity index is 1.93. The van der Waals surface area contributed by atoms with Crippen LogP contribution in [0.4, 0.5) is 14.5 Å². The molecule has 0 bridgehead atoms. The van der Waals surface area contributed by atoms with Crippen molar-refractivity contribution in [3.05, 3.63) is 70.3 Å². The van der Waals surface area contributed by atoms with Crippen molar-refractivity contribution in [1.29, 1.82) is 0 Å². The van der Waals surface area contributed by atoms with Crippen LogP contribution in [0.25, 0.3) is 4.85 Å². The second kappa shape index (κ2) is 7.39. The van der Waals surface area contributed by atoms with Gasteiger partial charge in [0.1, 0.15) is 17.3 Å². The smallest absolute Gasteiger partial charge is 0.231 e. The van der Waals surface area contributed by atoms with E-state index in [1.54, 1.807) is 6.92 Å². The van der Waals surface area contributed by atoms with Gasteiger partial charge in [-0.2, -0.15) is 0 Å². The molecule has 1 aromatic heterocycles. The molecule has 1 amide bonds. The summed E-state index contributed by atoms with van der Waals surface area (Å²) in [5, 5.41) is 0. The van der Waals surface area contributed by atoms with E-state index in [1.165, 1.54) is 30.1 Å². The number of aliphatic imine (C=N–C) groups is 1. The quantitative estimate of drug-likeness (QED) is 0.634. The summed E-state index contributed by atoms with van der Waals surface area (Å²) in [5.74, 6) is -2.45. The third-order valence-corrected chi connectivity index (χ3v) is 4.77. The molecule has 1 aliphatic heterocycles. The van der Waals surface area contributed by atoms with E-state index in [0.717, 1.165) is 12.3 Å². The Kier molecular flexibility index (Phi) is 5.12. The summed E-state index contributed by atoms with van der Waals surface area (Å²) in [7, 11) is 1.48. The van der Waals surface area contributed by atoms with Gasteiger partial charge in [-0.15, -0.1) is 0 Å². The lowest BCUT2D eigenvalue weighted by atomic mass is 9.85. The number of aromatic nitrogens is 1. The van der Waals surface area contributed by atoms with E-state index >= 15 is 0 Å². The van der Waals surface area contributed by atoms with Crippen LogP contribution in [-0.4, -0.2) is 34.6 Å². The molecule has 0 saturated carbocycles. The number of carbonyl (C=O) groups excluding carboxylic acids is 2. The van der Waals surface area contributed by atoms with E-state index in [2.05, 4.69) is 14.8 Å². The average Bonchev–Trinajstić information content (AvgIpc) is 2.67. The van der Waals surface area contributed by atoms with Gasteiger partial charge in [-0.25, -0.2) is 18.6 Å². The van der Waals surface area contributed by atoms with Crippen LogP contribution in [0.15, 0.2) is 35.5 Å². The van der Waals surface area contributed by atoms with Gasteiger partial charge in [-0.05, 0) is 30.7 Å². The Morgan fingerprint density at radius 1 is 1.34 bits per heavy atom. The standard InChI is InChI=1S/C20H17F2N5O2/c1-20(9-17(29)27(3)19(23)26-20)13-6-11(4-5-14(13)21)7-16(28)18-15(22)8-12(24-2)10-25-18/h4-6,8,10H,7,9H2,1,3H3,(H2,23,26). The molecule has 2 N–H and O–H groups in total. The van der Waals surface area contributed by atoms with Gasteiger partial charge in [0.15, 0.2) is 11.7 Å². The number of amides is 1. The van der Waals surface area contributed by atoms with E-state index < -0.39 is 28.7 Å². The van der Waals surface area contributed by atoms with Crippen LogP contribution in [0.1, 0.15) is 35.0 Å². The molecule has 0 saturated heterocycles. The summed E-state index contributed by atoms with van der Waals surface area (Å²) in [6.45, 7) is 8.43. The molecular formula is C20H17F2N5O2. The molecule has 2 heterocycles. The number of pyridine rings is 1. The first-order chi connectivity index (χ1) is 13.6. The summed E-state index contributed by atoms with van der Waals surface area (Å²) in [4.78, 5) is 36.8. The molecule has 0 spiro atoms. The molecule has 148 valence electrons. The largest absolute Gasteiger partial charge is 0.369 e. The maximum Gasteiger partial charge on any atom is 0.231 e. The highest BCUT2D eigenvalue weighted by Crippen LogP contribution is 2.35. The van der Waals surface area contributed by atoms with Gasteiger partial charge < -0.3 is 5.73 Å². The Hall–Kier alpha value is -3.67. The van der Waals surface area contributed by atoms with E-state index in [1.807, 2.05) is 0 Å². The average molecular weight is 397 g/mol. The zero-order chi connectivity index (χ0) is 21.3. The molecule has 3 rings (SSSR count). The zero-order valence-electron chi connectivity index (χ0n) is 15.7. The number of carbonyl (C=O) groups is 2. The SMILES string of the molecule is [C-]#[N+]c1cnc(C(=O)Cc2ccc(F)c(C3(C)CC(=O)N(C)C(N)=N3)c2)c(F)c1. The first-order valence-electron chi connectivity index (χ1n) is 8.61. The minimum absolute atomic E-state index is 0.0153. The summed E-state index contributed by atoms with van der Waals surface area (Å²) >= 11 is 0. The number of Topliss-reactive ketones (excluding diaryl/α,β-unsaturated/α-hetero) is 1. The number of benzene rings is 1. The lowest BCUT2D eigenvalue weighted by molar-refractivity contribution is -0.128. The van der Waals surface area contributed by atoms with Crippen molar-refractivity contribution in [3.8, 4) is 0 Å². The van der Waals surface area contributed by atoms with Crippen molar-refractivity contribution >= 4 is 23.3 Å². The Morgan fingerprint density at radius 2 is 2.07 bits per heavy atom. The lowest BCUT2D eigenvalue weighted by Gasteiger charge is -2.34. The Bertz CT molecular complexity index is 1090. The normalized spacial score (nSPS) is 18.9. The second-order valence-corrected chi connectivity index (χ2v) is 6.92. The number of nitrogens with zero attached hydrogens (tertiary/aromatic N) is 4. The molecule has 1 aliphatic rings. The highest BCUT2D eigenvalue weighted by molar-refractivity contribution is 5.99. The third-order valence-electron chi connectivity index (χ3n) is 4.77. The summed E-state index contributed by atoms with van der Waals surface area (Å²) in [6, 6.07) is 4.93. The fraction of sp³-hybridized carbons (Fsp3) is 0.250. The molecule has 7 nitrogen and oxygen atoms in total.